The molecule has 5 nitrogen and oxygen atoms in total. The van der Waals surface area contributed by atoms with Crippen LogP contribution in [0, 0.1) is 0 Å². The molecule has 1 heterocycles. The second-order valence-electron chi connectivity index (χ2n) is 5.40. The molecule has 3 aromatic rings. The molecule has 0 atom stereocenters. The number of hydrogen-bond donors (Lipinski definition) is 2. The van der Waals surface area contributed by atoms with Gasteiger partial charge >= 0.3 is 0 Å². The molecule has 2 aromatic carbocycles. The van der Waals surface area contributed by atoms with E-state index in [1.54, 1.807) is 0 Å². The summed E-state index contributed by atoms with van der Waals surface area (Å²) in [6.07, 6.45) is 3.95. The molecule has 6 heteroatoms. The Morgan fingerprint density at radius 1 is 1.04 bits per heavy atom. The summed E-state index contributed by atoms with van der Waals surface area (Å²) in [6.45, 7) is 2.09. The zero-order valence-corrected chi connectivity index (χ0v) is 15.2. The summed E-state index contributed by atoms with van der Waals surface area (Å²) in [7, 11) is 0. The fraction of sp³-hybridized carbons (Fsp3) is 0.105. The van der Waals surface area contributed by atoms with Gasteiger partial charge in [0.25, 0.3) is 5.91 Å². The van der Waals surface area contributed by atoms with Crippen LogP contribution in [0.5, 0.6) is 0 Å². The Kier molecular flexibility index (Phi) is 5.40. The summed E-state index contributed by atoms with van der Waals surface area (Å²) in [5.74, 6) is 0.278. The third kappa shape index (κ3) is 4.42. The molecule has 126 valence electrons. The number of amides is 1. The Morgan fingerprint density at radius 2 is 1.80 bits per heavy atom. The topological polar surface area (TPSA) is 66.9 Å². The van der Waals surface area contributed by atoms with Crippen molar-refractivity contribution in [3.63, 3.8) is 0 Å². The maximum absolute atomic E-state index is 12.3. The van der Waals surface area contributed by atoms with Crippen LogP contribution >= 0.6 is 15.9 Å². The largest absolute Gasteiger partial charge is 0.338 e. The maximum atomic E-state index is 12.3. The van der Waals surface area contributed by atoms with Gasteiger partial charge in [-0.2, -0.15) is 0 Å². The lowest BCUT2D eigenvalue weighted by molar-refractivity contribution is 0.102. The molecule has 2 N–H and O–H groups in total. The molecule has 0 bridgehead atoms. The smallest absolute Gasteiger partial charge is 0.275 e. The van der Waals surface area contributed by atoms with Crippen molar-refractivity contribution < 1.29 is 4.79 Å². The van der Waals surface area contributed by atoms with Gasteiger partial charge in [-0.3, -0.25) is 4.79 Å². The molecule has 0 aliphatic carbocycles. The Balaban J connectivity index is 1.66. The van der Waals surface area contributed by atoms with E-state index in [1.807, 2.05) is 48.5 Å². The van der Waals surface area contributed by atoms with Crippen LogP contribution in [0.3, 0.4) is 0 Å². The Labute approximate surface area is 154 Å². The van der Waals surface area contributed by atoms with E-state index in [4.69, 9.17) is 0 Å². The van der Waals surface area contributed by atoms with Crippen molar-refractivity contribution >= 4 is 39.0 Å². The zero-order chi connectivity index (χ0) is 17.6. The van der Waals surface area contributed by atoms with Crippen LogP contribution in [0.4, 0.5) is 17.2 Å². The van der Waals surface area contributed by atoms with E-state index >= 15 is 0 Å². The normalized spacial score (nSPS) is 10.3. The van der Waals surface area contributed by atoms with Gasteiger partial charge in [-0.05, 0) is 52.2 Å². The second-order valence-corrected chi connectivity index (χ2v) is 6.25. The van der Waals surface area contributed by atoms with Crippen LogP contribution in [0.1, 0.15) is 23.0 Å². The van der Waals surface area contributed by atoms with Crippen molar-refractivity contribution in [1.82, 2.24) is 9.97 Å². The number of nitrogens with zero attached hydrogens (tertiary/aromatic N) is 2. The molecule has 1 aromatic heterocycles. The van der Waals surface area contributed by atoms with E-state index in [9.17, 15) is 4.79 Å². The summed E-state index contributed by atoms with van der Waals surface area (Å²) in [6, 6.07) is 15.5. The SMILES string of the molecule is CCc1ccc(NC(=O)c2cnc(Nc3ccccc3Br)cn2)cc1. The predicted molar refractivity (Wildman–Crippen MR) is 103 cm³/mol. The lowest BCUT2D eigenvalue weighted by Gasteiger charge is -2.08. The van der Waals surface area contributed by atoms with Crippen molar-refractivity contribution in [3.05, 3.63) is 76.7 Å². The monoisotopic (exact) mass is 396 g/mol. The standard InChI is InChI=1S/C19H17BrN4O/c1-2-13-7-9-14(10-8-13)23-19(25)17-11-22-18(12-21-17)24-16-6-4-3-5-15(16)20/h3-12H,2H2,1H3,(H,22,24)(H,23,25). The highest BCUT2D eigenvalue weighted by molar-refractivity contribution is 9.10. The third-order valence-electron chi connectivity index (χ3n) is 3.64. The van der Waals surface area contributed by atoms with E-state index in [1.165, 1.54) is 18.0 Å². The second kappa shape index (κ2) is 7.90. The van der Waals surface area contributed by atoms with Crippen LogP contribution < -0.4 is 10.6 Å². The average molecular weight is 397 g/mol. The minimum atomic E-state index is -0.288. The van der Waals surface area contributed by atoms with Crippen LogP contribution in [-0.4, -0.2) is 15.9 Å². The van der Waals surface area contributed by atoms with Crippen LogP contribution in [0.25, 0.3) is 0 Å². The zero-order valence-electron chi connectivity index (χ0n) is 13.7. The average Bonchev–Trinajstić information content (AvgIpc) is 2.65. The molecule has 0 fully saturated rings. The lowest BCUT2D eigenvalue weighted by atomic mass is 10.1. The number of para-hydroxylation sites is 1. The Hall–Kier alpha value is -2.73. The van der Waals surface area contributed by atoms with Gasteiger partial charge in [0.1, 0.15) is 11.5 Å². The first-order valence-corrected chi connectivity index (χ1v) is 8.69. The number of carbonyl (C=O) groups is 1. The summed E-state index contributed by atoms with van der Waals surface area (Å²) >= 11 is 3.46. The molecule has 0 saturated carbocycles. The number of rotatable bonds is 5. The maximum Gasteiger partial charge on any atom is 0.275 e. The van der Waals surface area contributed by atoms with Gasteiger partial charge in [-0.1, -0.05) is 31.2 Å². The van der Waals surface area contributed by atoms with E-state index in [0.29, 0.717) is 5.82 Å². The summed E-state index contributed by atoms with van der Waals surface area (Å²) in [5, 5.41) is 5.97. The number of aromatic nitrogens is 2. The molecule has 0 saturated heterocycles. The first kappa shape index (κ1) is 17.1. The molecule has 0 unspecified atom stereocenters. The molecule has 3 rings (SSSR count). The number of anilines is 3. The molecular weight excluding hydrogens is 380 g/mol. The summed E-state index contributed by atoms with van der Waals surface area (Å²) < 4.78 is 0.925. The number of benzene rings is 2. The van der Waals surface area contributed by atoms with E-state index in [2.05, 4.69) is 43.5 Å². The van der Waals surface area contributed by atoms with Crippen molar-refractivity contribution in [3.8, 4) is 0 Å². The van der Waals surface area contributed by atoms with Gasteiger partial charge in [0, 0.05) is 10.2 Å². The number of nitrogens with one attached hydrogen (secondary N) is 2. The molecule has 0 aliphatic heterocycles. The van der Waals surface area contributed by atoms with Crippen molar-refractivity contribution in [2.24, 2.45) is 0 Å². The summed E-state index contributed by atoms with van der Waals surface area (Å²) in [5.41, 5.74) is 3.10. The minimum absolute atomic E-state index is 0.261. The van der Waals surface area contributed by atoms with Gasteiger partial charge in [0.05, 0.1) is 18.1 Å². The molecular formula is C19H17BrN4O. The van der Waals surface area contributed by atoms with E-state index < -0.39 is 0 Å². The highest BCUT2D eigenvalue weighted by Gasteiger charge is 2.09. The number of carbonyl (C=O) groups excluding carboxylic acids is 1. The molecule has 25 heavy (non-hydrogen) atoms. The fourth-order valence-electron chi connectivity index (χ4n) is 2.23. The highest BCUT2D eigenvalue weighted by Crippen LogP contribution is 2.24. The van der Waals surface area contributed by atoms with Crippen LogP contribution in [0.15, 0.2) is 65.4 Å². The lowest BCUT2D eigenvalue weighted by Crippen LogP contribution is -2.14. The van der Waals surface area contributed by atoms with Gasteiger partial charge in [-0.25, -0.2) is 9.97 Å². The molecule has 0 aliphatic rings. The Bertz CT molecular complexity index is 863. The quantitative estimate of drug-likeness (QED) is 0.649. The van der Waals surface area contributed by atoms with Crippen molar-refractivity contribution in [2.45, 2.75) is 13.3 Å². The summed E-state index contributed by atoms with van der Waals surface area (Å²) in [4.78, 5) is 20.7. The number of hydrogen-bond acceptors (Lipinski definition) is 4. The van der Waals surface area contributed by atoms with Crippen LogP contribution in [-0.2, 0) is 6.42 Å². The Morgan fingerprint density at radius 3 is 2.44 bits per heavy atom. The van der Waals surface area contributed by atoms with Gasteiger partial charge < -0.3 is 10.6 Å². The first-order valence-electron chi connectivity index (χ1n) is 7.89. The fourth-order valence-corrected chi connectivity index (χ4v) is 2.61. The van der Waals surface area contributed by atoms with Gasteiger partial charge in [-0.15, -0.1) is 0 Å². The molecule has 0 radical (unpaired) electrons. The van der Waals surface area contributed by atoms with Crippen molar-refractivity contribution in [2.75, 3.05) is 10.6 Å². The van der Waals surface area contributed by atoms with Crippen molar-refractivity contribution in [1.29, 1.82) is 0 Å². The molecule has 1 amide bonds. The van der Waals surface area contributed by atoms with Crippen LogP contribution in [0.2, 0.25) is 0 Å². The predicted octanol–water partition coefficient (Wildman–Crippen LogP) is 4.80. The first-order chi connectivity index (χ1) is 12.2. The number of aryl methyl sites for hydroxylation is 1. The van der Waals surface area contributed by atoms with E-state index in [-0.39, 0.29) is 11.6 Å². The molecule has 0 spiro atoms. The third-order valence-corrected chi connectivity index (χ3v) is 4.33. The van der Waals surface area contributed by atoms with E-state index in [0.717, 1.165) is 22.3 Å². The number of halogens is 1. The minimum Gasteiger partial charge on any atom is -0.338 e. The van der Waals surface area contributed by atoms with Gasteiger partial charge in [0.2, 0.25) is 0 Å². The van der Waals surface area contributed by atoms with Gasteiger partial charge in [0.15, 0.2) is 0 Å². The highest BCUT2D eigenvalue weighted by atomic mass is 79.9.